The van der Waals surface area contributed by atoms with Crippen molar-refractivity contribution < 1.29 is 16.4 Å². The molecule has 2 atom stereocenters. The van der Waals surface area contributed by atoms with Crippen molar-refractivity contribution in [2.24, 2.45) is 0 Å². The van der Waals surface area contributed by atoms with Crippen molar-refractivity contribution in [3.63, 3.8) is 0 Å². The van der Waals surface area contributed by atoms with Crippen LogP contribution in [0.1, 0.15) is 47.6 Å². The van der Waals surface area contributed by atoms with Crippen LogP contribution in [-0.4, -0.2) is 0 Å². The van der Waals surface area contributed by atoms with E-state index in [1.807, 2.05) is 0 Å². The van der Waals surface area contributed by atoms with Gasteiger partial charge in [-0.3, -0.25) is 0 Å². The summed E-state index contributed by atoms with van der Waals surface area (Å²) in [6.07, 6.45) is 9.04. The molecule has 0 aliphatic heterocycles. The number of allylic oxidation sites excluding steroid dienone is 2. The first-order valence-corrected chi connectivity index (χ1v) is 19.9. The van der Waals surface area contributed by atoms with Crippen LogP contribution in [0.4, 0.5) is 0 Å². The van der Waals surface area contributed by atoms with Crippen LogP contribution in [-0.2, 0) is 16.4 Å². The first kappa shape index (κ1) is 17.8. The molecule has 0 heterocycles. The Balaban J connectivity index is 1.89. The molecule has 4 rings (SSSR count). The monoisotopic (exact) mass is 447 g/mol. The van der Waals surface area contributed by atoms with E-state index in [0.717, 1.165) is 4.13 Å². The normalized spacial score (nSPS) is 22.5. The second-order valence-electron chi connectivity index (χ2n) is 7.53. The Bertz CT molecular complexity index is 852. The number of benzene rings is 2. The SMILES string of the molecule is C[CH2][Zr]([Cl])([Cl])([CH]1C=Cc2c(C)cccc21)[CH]1C=Cc2c(C)cccc21. The van der Waals surface area contributed by atoms with Crippen LogP contribution >= 0.6 is 17.0 Å². The van der Waals surface area contributed by atoms with E-state index in [9.17, 15) is 0 Å². The van der Waals surface area contributed by atoms with Crippen LogP contribution in [0.25, 0.3) is 12.2 Å². The van der Waals surface area contributed by atoms with Crippen LogP contribution in [0, 0.1) is 13.8 Å². The van der Waals surface area contributed by atoms with E-state index in [2.05, 4.69) is 81.5 Å². The molecule has 0 saturated heterocycles. The standard InChI is InChI=1S/2C10H9.C2H5.2ClH.Zr/c2*1-8-4-2-5-9-6-3-7-10(8)9;1-2;;;/h2*2-7H,1H3;1H2,2H3;2*1H;/q;;;;;+2/p-2. The zero-order chi connectivity index (χ0) is 17.8. The molecule has 0 radical (unpaired) electrons. The van der Waals surface area contributed by atoms with Crippen molar-refractivity contribution in [2.45, 2.75) is 32.2 Å². The van der Waals surface area contributed by atoms with Gasteiger partial charge in [-0.05, 0) is 0 Å². The summed E-state index contributed by atoms with van der Waals surface area (Å²) in [7, 11) is 15.2. The van der Waals surface area contributed by atoms with E-state index in [4.69, 9.17) is 17.0 Å². The maximum atomic E-state index is 7.62. The van der Waals surface area contributed by atoms with Gasteiger partial charge in [-0.15, -0.1) is 0 Å². The predicted molar refractivity (Wildman–Crippen MR) is 108 cm³/mol. The Kier molecular flexibility index (Phi) is 4.23. The molecule has 2 aromatic rings. The van der Waals surface area contributed by atoms with Gasteiger partial charge in [0.15, 0.2) is 0 Å². The van der Waals surface area contributed by atoms with Gasteiger partial charge >= 0.3 is 160 Å². The molecule has 2 aliphatic rings. The summed E-state index contributed by atoms with van der Waals surface area (Å²) in [6.45, 7) is 6.52. The average Bonchev–Trinajstić information content (AvgIpc) is 3.21. The van der Waals surface area contributed by atoms with E-state index >= 15 is 0 Å². The van der Waals surface area contributed by atoms with Crippen LogP contribution in [0.2, 0.25) is 4.13 Å². The summed E-state index contributed by atoms with van der Waals surface area (Å²) < 4.78 is 1.21. The molecule has 0 aromatic heterocycles. The fraction of sp³-hybridized carbons (Fsp3) is 0.273. The van der Waals surface area contributed by atoms with Gasteiger partial charge in [-0.25, -0.2) is 0 Å². The predicted octanol–water partition coefficient (Wildman–Crippen LogP) is 7.57. The quantitative estimate of drug-likeness (QED) is 0.453. The number of hydrogen-bond donors (Lipinski definition) is 0. The van der Waals surface area contributed by atoms with Gasteiger partial charge in [-0.1, -0.05) is 0 Å². The third kappa shape index (κ3) is 2.50. The zero-order valence-corrected chi connectivity index (χ0v) is 18.9. The van der Waals surface area contributed by atoms with Crippen molar-refractivity contribution in [3.8, 4) is 0 Å². The molecule has 0 bridgehead atoms. The molecule has 25 heavy (non-hydrogen) atoms. The summed E-state index contributed by atoms with van der Waals surface area (Å²) >= 11 is -4.23. The van der Waals surface area contributed by atoms with E-state index in [0.29, 0.717) is 0 Å². The summed E-state index contributed by atoms with van der Waals surface area (Å²) in [4.78, 5) is 0. The third-order valence-electron chi connectivity index (χ3n) is 6.24. The van der Waals surface area contributed by atoms with Crippen molar-refractivity contribution in [1.29, 1.82) is 0 Å². The van der Waals surface area contributed by atoms with Gasteiger partial charge in [0.05, 0.1) is 0 Å². The van der Waals surface area contributed by atoms with Gasteiger partial charge < -0.3 is 0 Å². The van der Waals surface area contributed by atoms with Gasteiger partial charge in [-0.2, -0.15) is 0 Å². The minimum atomic E-state index is -4.23. The van der Waals surface area contributed by atoms with Crippen LogP contribution in [0.15, 0.2) is 48.6 Å². The number of aryl methyl sites for hydroxylation is 2. The minimum absolute atomic E-state index is 0.172. The van der Waals surface area contributed by atoms with E-state index < -0.39 is 16.4 Å². The van der Waals surface area contributed by atoms with Crippen LogP contribution in [0.5, 0.6) is 0 Å². The fourth-order valence-corrected chi connectivity index (χ4v) is 19.0. The second-order valence-corrected chi connectivity index (χ2v) is 30.7. The molecule has 0 N–H and O–H groups in total. The summed E-state index contributed by atoms with van der Waals surface area (Å²) in [5.74, 6) is 0. The molecule has 2 aliphatic carbocycles. The molecule has 129 valence electrons. The molecule has 0 saturated carbocycles. The third-order valence-corrected chi connectivity index (χ3v) is 27.0. The molecule has 0 fully saturated rings. The van der Waals surface area contributed by atoms with Crippen molar-refractivity contribution in [1.82, 2.24) is 0 Å². The van der Waals surface area contributed by atoms with E-state index in [1.54, 1.807) is 0 Å². The Hall–Kier alpha value is -0.617. The molecular formula is C22H23Cl2Zr. The number of rotatable bonds is 3. The summed E-state index contributed by atoms with van der Waals surface area (Å²) in [6, 6.07) is 13.0. The first-order chi connectivity index (χ1) is 11.9. The molecule has 2 aromatic carbocycles. The molecule has 2 unspecified atom stereocenters. The molecule has 0 amide bonds. The van der Waals surface area contributed by atoms with Gasteiger partial charge in [0, 0.05) is 0 Å². The van der Waals surface area contributed by atoms with Crippen LogP contribution in [0.3, 0.4) is 0 Å². The first-order valence-electron chi connectivity index (χ1n) is 8.99. The van der Waals surface area contributed by atoms with Crippen molar-refractivity contribution >= 4 is 29.2 Å². The fourth-order valence-electron chi connectivity index (χ4n) is 4.66. The van der Waals surface area contributed by atoms with Gasteiger partial charge in [0.25, 0.3) is 0 Å². The Morgan fingerprint density at radius 3 is 1.64 bits per heavy atom. The zero-order valence-electron chi connectivity index (χ0n) is 14.9. The Morgan fingerprint density at radius 1 is 0.800 bits per heavy atom. The Morgan fingerprint density at radius 2 is 1.24 bits per heavy atom. The number of fused-ring (bicyclic) bond motifs is 2. The summed E-state index contributed by atoms with van der Waals surface area (Å²) in [5, 5.41) is 0. The van der Waals surface area contributed by atoms with Gasteiger partial charge in [0.2, 0.25) is 0 Å². The topological polar surface area (TPSA) is 0 Å². The van der Waals surface area contributed by atoms with Crippen LogP contribution < -0.4 is 0 Å². The molecular weight excluding hydrogens is 426 g/mol. The maximum absolute atomic E-state index is 7.62. The number of halogens is 2. The van der Waals surface area contributed by atoms with Gasteiger partial charge in [0.1, 0.15) is 0 Å². The molecule has 0 spiro atoms. The average molecular weight is 450 g/mol. The van der Waals surface area contributed by atoms with Crippen molar-refractivity contribution in [2.75, 3.05) is 0 Å². The Labute approximate surface area is 158 Å². The second kappa shape index (κ2) is 5.95. The van der Waals surface area contributed by atoms with E-state index in [-0.39, 0.29) is 7.25 Å². The summed E-state index contributed by atoms with van der Waals surface area (Å²) in [5.41, 5.74) is 7.88. The molecule has 0 nitrogen and oxygen atoms in total. The van der Waals surface area contributed by atoms with Crippen molar-refractivity contribution in [3.05, 3.63) is 81.9 Å². The van der Waals surface area contributed by atoms with E-state index in [1.165, 1.54) is 33.4 Å². The molecule has 3 heteroatoms. The number of hydrogen-bond acceptors (Lipinski definition) is 0.